The Bertz CT molecular complexity index is 631. The predicted octanol–water partition coefficient (Wildman–Crippen LogP) is 2.67. The fourth-order valence-electron chi connectivity index (χ4n) is 2.57. The average Bonchev–Trinajstić information content (AvgIpc) is 2.89. The third-order valence-corrected chi connectivity index (χ3v) is 3.86. The van der Waals surface area contributed by atoms with E-state index in [1.165, 1.54) is 12.1 Å². The zero-order valence-corrected chi connectivity index (χ0v) is 12.6. The van der Waals surface area contributed by atoms with Gasteiger partial charge in [-0.25, -0.2) is 9.37 Å². The summed E-state index contributed by atoms with van der Waals surface area (Å²) in [6.45, 7) is 3.16. The second-order valence-electron chi connectivity index (χ2n) is 5.28. The minimum absolute atomic E-state index is 0.0824. The van der Waals surface area contributed by atoms with Crippen molar-refractivity contribution in [3.05, 3.63) is 41.4 Å². The summed E-state index contributed by atoms with van der Waals surface area (Å²) in [5, 5.41) is 0.495. The van der Waals surface area contributed by atoms with Crippen molar-refractivity contribution in [3.8, 4) is 11.4 Å². The zero-order chi connectivity index (χ0) is 14.8. The van der Waals surface area contributed by atoms with E-state index in [0.29, 0.717) is 23.0 Å². The highest BCUT2D eigenvalue weighted by Gasteiger charge is 2.20. The van der Waals surface area contributed by atoms with E-state index < -0.39 is 0 Å². The van der Waals surface area contributed by atoms with Gasteiger partial charge in [0.1, 0.15) is 11.6 Å². The maximum Gasteiger partial charge on any atom is 0.142 e. The first-order valence-corrected chi connectivity index (χ1v) is 7.28. The van der Waals surface area contributed by atoms with Crippen LogP contribution in [0.25, 0.3) is 11.4 Å². The molecule has 0 spiro atoms. The molecule has 1 aliphatic rings. The van der Waals surface area contributed by atoms with Gasteiger partial charge in [-0.05, 0) is 25.2 Å². The summed E-state index contributed by atoms with van der Waals surface area (Å²) in [7, 11) is 2.07. The molecule has 2 heterocycles. The highest BCUT2D eigenvalue weighted by atomic mass is 35.5. The molecule has 112 valence electrons. The van der Waals surface area contributed by atoms with E-state index in [0.717, 1.165) is 19.7 Å². The average molecular weight is 310 g/mol. The molecule has 4 nitrogen and oxygen atoms in total. The molecule has 1 fully saturated rings. The maximum atomic E-state index is 14.0. The number of morpholine rings is 1. The number of rotatable bonds is 3. The van der Waals surface area contributed by atoms with E-state index in [4.69, 9.17) is 16.3 Å². The molecule has 0 N–H and O–H groups in total. The monoisotopic (exact) mass is 309 g/mol. The van der Waals surface area contributed by atoms with Crippen LogP contribution in [0, 0.1) is 5.82 Å². The lowest BCUT2D eigenvalue weighted by Crippen LogP contribution is -2.41. The molecule has 1 saturated heterocycles. The zero-order valence-electron chi connectivity index (χ0n) is 11.8. The van der Waals surface area contributed by atoms with Gasteiger partial charge in [0.2, 0.25) is 0 Å². The summed E-state index contributed by atoms with van der Waals surface area (Å²) >= 11 is 5.96. The first kappa shape index (κ1) is 14.5. The van der Waals surface area contributed by atoms with Crippen LogP contribution in [-0.4, -0.2) is 47.3 Å². The molecule has 6 heteroatoms. The van der Waals surface area contributed by atoms with E-state index in [2.05, 4.69) is 16.9 Å². The molecule has 0 amide bonds. The number of hydrogen-bond donors (Lipinski definition) is 0. The number of hydrogen-bond acceptors (Lipinski definition) is 3. The van der Waals surface area contributed by atoms with Gasteiger partial charge in [0.25, 0.3) is 0 Å². The third kappa shape index (κ3) is 3.26. The number of benzene rings is 1. The number of nitrogens with zero attached hydrogens (tertiary/aromatic N) is 3. The number of halogens is 2. The van der Waals surface area contributed by atoms with Gasteiger partial charge in [-0.15, -0.1) is 0 Å². The van der Waals surface area contributed by atoms with Crippen molar-refractivity contribution in [1.82, 2.24) is 14.5 Å². The quantitative estimate of drug-likeness (QED) is 0.873. The van der Waals surface area contributed by atoms with E-state index in [1.54, 1.807) is 12.3 Å². The molecule has 0 radical (unpaired) electrons. The highest BCUT2D eigenvalue weighted by Crippen LogP contribution is 2.25. The minimum atomic E-state index is -0.325. The first-order chi connectivity index (χ1) is 10.1. The fourth-order valence-corrected chi connectivity index (χ4v) is 2.74. The van der Waals surface area contributed by atoms with Crippen LogP contribution < -0.4 is 0 Å². The van der Waals surface area contributed by atoms with Gasteiger partial charge in [0, 0.05) is 30.5 Å². The van der Waals surface area contributed by atoms with E-state index in [1.807, 2.05) is 10.8 Å². The Hall–Kier alpha value is -1.43. The molecule has 21 heavy (non-hydrogen) atoms. The molecule has 1 aromatic heterocycles. The normalized spacial score (nSPS) is 19.9. The van der Waals surface area contributed by atoms with Crippen molar-refractivity contribution in [2.45, 2.75) is 12.6 Å². The van der Waals surface area contributed by atoms with Gasteiger partial charge in [0.05, 0.1) is 24.8 Å². The Balaban J connectivity index is 1.85. The Morgan fingerprint density at radius 2 is 2.33 bits per heavy atom. The van der Waals surface area contributed by atoms with Crippen LogP contribution in [0.1, 0.15) is 0 Å². The van der Waals surface area contributed by atoms with E-state index >= 15 is 0 Å². The van der Waals surface area contributed by atoms with Crippen molar-refractivity contribution in [1.29, 1.82) is 0 Å². The van der Waals surface area contributed by atoms with Crippen LogP contribution in [0.2, 0.25) is 5.02 Å². The highest BCUT2D eigenvalue weighted by molar-refractivity contribution is 6.30. The summed E-state index contributed by atoms with van der Waals surface area (Å²) in [6.07, 6.45) is 3.59. The molecule has 3 rings (SSSR count). The summed E-state index contributed by atoms with van der Waals surface area (Å²) in [6, 6.07) is 4.50. The molecule has 1 aromatic carbocycles. The van der Waals surface area contributed by atoms with Gasteiger partial charge >= 0.3 is 0 Å². The van der Waals surface area contributed by atoms with Crippen molar-refractivity contribution >= 4 is 11.6 Å². The number of aromatic nitrogens is 2. The molecule has 0 aliphatic carbocycles. The Morgan fingerprint density at radius 1 is 1.48 bits per heavy atom. The summed E-state index contributed by atoms with van der Waals surface area (Å²) < 4.78 is 21.7. The van der Waals surface area contributed by atoms with Crippen LogP contribution >= 0.6 is 11.6 Å². The van der Waals surface area contributed by atoms with Gasteiger partial charge in [-0.1, -0.05) is 11.6 Å². The largest absolute Gasteiger partial charge is 0.374 e. The van der Waals surface area contributed by atoms with Gasteiger partial charge in [-0.2, -0.15) is 0 Å². The standard InChI is InChI=1S/C15H17ClFN3O/c1-19-6-7-21-12(9-19)10-20-5-4-18-15(20)13-8-11(16)2-3-14(13)17/h2-5,8,12H,6-7,9-10H2,1H3. The van der Waals surface area contributed by atoms with Gasteiger partial charge in [0.15, 0.2) is 0 Å². The van der Waals surface area contributed by atoms with Crippen LogP contribution in [0.3, 0.4) is 0 Å². The van der Waals surface area contributed by atoms with Crippen LogP contribution in [0.5, 0.6) is 0 Å². The third-order valence-electron chi connectivity index (χ3n) is 3.63. The molecule has 1 atom stereocenters. The molecule has 0 bridgehead atoms. The Labute approximate surface area is 128 Å². The van der Waals surface area contributed by atoms with Gasteiger partial charge in [-0.3, -0.25) is 0 Å². The molecular weight excluding hydrogens is 293 g/mol. The summed E-state index contributed by atoms with van der Waals surface area (Å²) in [5.41, 5.74) is 0.414. The summed E-state index contributed by atoms with van der Waals surface area (Å²) in [5.74, 6) is 0.250. The number of ether oxygens (including phenoxy) is 1. The molecule has 1 unspecified atom stereocenters. The van der Waals surface area contributed by atoms with Crippen molar-refractivity contribution in [2.24, 2.45) is 0 Å². The van der Waals surface area contributed by atoms with Gasteiger partial charge < -0.3 is 14.2 Å². The van der Waals surface area contributed by atoms with Crippen LogP contribution in [0.4, 0.5) is 4.39 Å². The smallest absolute Gasteiger partial charge is 0.142 e. The first-order valence-electron chi connectivity index (χ1n) is 6.90. The Kier molecular flexibility index (Phi) is 4.24. The van der Waals surface area contributed by atoms with Crippen molar-refractivity contribution < 1.29 is 9.13 Å². The minimum Gasteiger partial charge on any atom is -0.374 e. The molecule has 2 aromatic rings. The molecule has 1 aliphatic heterocycles. The van der Waals surface area contributed by atoms with Crippen LogP contribution in [-0.2, 0) is 11.3 Å². The Morgan fingerprint density at radius 3 is 3.14 bits per heavy atom. The van der Waals surface area contributed by atoms with E-state index in [9.17, 15) is 4.39 Å². The molecule has 0 saturated carbocycles. The predicted molar refractivity (Wildman–Crippen MR) is 79.9 cm³/mol. The van der Waals surface area contributed by atoms with E-state index in [-0.39, 0.29) is 11.9 Å². The lowest BCUT2D eigenvalue weighted by Gasteiger charge is -2.30. The van der Waals surface area contributed by atoms with Crippen molar-refractivity contribution in [3.63, 3.8) is 0 Å². The fraction of sp³-hybridized carbons (Fsp3) is 0.400. The second kappa shape index (κ2) is 6.13. The summed E-state index contributed by atoms with van der Waals surface area (Å²) in [4.78, 5) is 6.49. The SMILES string of the molecule is CN1CCOC(Cn2ccnc2-c2cc(Cl)ccc2F)C1. The van der Waals surface area contributed by atoms with Crippen molar-refractivity contribution in [2.75, 3.05) is 26.7 Å². The topological polar surface area (TPSA) is 30.3 Å². The lowest BCUT2D eigenvalue weighted by atomic mass is 10.2. The second-order valence-corrected chi connectivity index (χ2v) is 5.72. The van der Waals surface area contributed by atoms with Crippen LogP contribution in [0.15, 0.2) is 30.6 Å². The lowest BCUT2D eigenvalue weighted by molar-refractivity contribution is -0.0272. The maximum absolute atomic E-state index is 14.0. The number of likely N-dealkylation sites (N-methyl/N-ethyl adjacent to an activating group) is 1. The molecular formula is C15H17ClFN3O. The number of imidazole rings is 1.